The van der Waals surface area contributed by atoms with Crippen molar-refractivity contribution < 1.29 is 14.3 Å². The van der Waals surface area contributed by atoms with Crippen LogP contribution >= 0.6 is 15.9 Å². The lowest BCUT2D eigenvalue weighted by molar-refractivity contribution is 0.0690. The van der Waals surface area contributed by atoms with E-state index in [1.165, 1.54) is 16.8 Å². The van der Waals surface area contributed by atoms with E-state index in [1.54, 1.807) is 19.1 Å². The van der Waals surface area contributed by atoms with Crippen LogP contribution in [0.25, 0.3) is 5.69 Å². The van der Waals surface area contributed by atoms with Crippen molar-refractivity contribution in [2.75, 3.05) is 0 Å². The van der Waals surface area contributed by atoms with E-state index >= 15 is 0 Å². The lowest BCUT2D eigenvalue weighted by Gasteiger charge is -2.05. The quantitative estimate of drug-likeness (QED) is 0.927. The highest BCUT2D eigenvalue weighted by molar-refractivity contribution is 9.10. The molecule has 0 atom stereocenters. The highest BCUT2D eigenvalue weighted by atomic mass is 79.9. The molecule has 0 aliphatic heterocycles. The Bertz CT molecular complexity index is 595. The number of aromatic carboxylic acids is 1. The predicted molar refractivity (Wildman–Crippen MR) is 62.9 cm³/mol. The van der Waals surface area contributed by atoms with E-state index in [9.17, 15) is 9.18 Å². The molecule has 0 spiro atoms. The van der Waals surface area contributed by atoms with Crippen molar-refractivity contribution >= 4 is 21.9 Å². The number of hydrogen-bond acceptors (Lipinski definition) is 2. The van der Waals surface area contributed by atoms with Crippen molar-refractivity contribution in [1.82, 2.24) is 9.78 Å². The molecule has 1 aromatic heterocycles. The van der Waals surface area contributed by atoms with E-state index in [2.05, 4.69) is 21.0 Å². The molecule has 0 aliphatic carbocycles. The van der Waals surface area contributed by atoms with Gasteiger partial charge in [0, 0.05) is 10.2 Å². The second-order valence-corrected chi connectivity index (χ2v) is 4.40. The zero-order chi connectivity index (χ0) is 12.6. The van der Waals surface area contributed by atoms with Gasteiger partial charge in [-0.3, -0.25) is 0 Å². The van der Waals surface area contributed by atoms with Crippen LogP contribution in [-0.2, 0) is 0 Å². The first-order valence-electron chi connectivity index (χ1n) is 4.74. The number of nitrogens with zero attached hydrogens (tertiary/aromatic N) is 2. The lowest BCUT2D eigenvalue weighted by Crippen LogP contribution is -2.04. The number of halogens is 2. The molecule has 88 valence electrons. The number of benzene rings is 1. The number of carbonyl (C=O) groups is 1. The van der Waals surface area contributed by atoms with Gasteiger partial charge in [-0.25, -0.2) is 13.9 Å². The summed E-state index contributed by atoms with van der Waals surface area (Å²) in [5, 5.41) is 12.7. The summed E-state index contributed by atoms with van der Waals surface area (Å²) in [6.45, 7) is 1.67. The summed E-state index contributed by atoms with van der Waals surface area (Å²) >= 11 is 3.23. The average Bonchev–Trinajstić information content (AvgIpc) is 2.64. The third-order valence-corrected chi connectivity index (χ3v) is 2.74. The molecule has 6 heteroatoms. The van der Waals surface area contributed by atoms with Crippen LogP contribution in [0.15, 0.2) is 28.7 Å². The fourth-order valence-electron chi connectivity index (χ4n) is 1.47. The molecule has 0 amide bonds. The van der Waals surface area contributed by atoms with Gasteiger partial charge in [0.1, 0.15) is 11.5 Å². The monoisotopic (exact) mass is 298 g/mol. The number of aryl methyl sites for hydroxylation is 1. The van der Waals surface area contributed by atoms with E-state index in [0.717, 1.165) is 0 Å². The van der Waals surface area contributed by atoms with Crippen LogP contribution in [0.5, 0.6) is 0 Å². The first-order chi connectivity index (χ1) is 7.99. The third kappa shape index (κ3) is 2.21. The molecule has 1 N–H and O–H groups in total. The van der Waals surface area contributed by atoms with Gasteiger partial charge in [-0.1, -0.05) is 15.9 Å². The Morgan fingerprint density at radius 3 is 2.76 bits per heavy atom. The van der Waals surface area contributed by atoms with Crippen molar-refractivity contribution in [2.45, 2.75) is 6.92 Å². The molecule has 17 heavy (non-hydrogen) atoms. The van der Waals surface area contributed by atoms with Gasteiger partial charge in [0.15, 0.2) is 5.69 Å². The molecule has 0 radical (unpaired) electrons. The van der Waals surface area contributed by atoms with Gasteiger partial charge in [0.05, 0.1) is 0 Å². The van der Waals surface area contributed by atoms with Crippen molar-refractivity contribution in [1.29, 1.82) is 0 Å². The minimum Gasteiger partial charge on any atom is -0.476 e. The van der Waals surface area contributed by atoms with Gasteiger partial charge in [-0.15, -0.1) is 0 Å². The van der Waals surface area contributed by atoms with Crippen LogP contribution in [0, 0.1) is 12.7 Å². The van der Waals surface area contributed by atoms with Crippen molar-refractivity contribution in [2.24, 2.45) is 0 Å². The van der Waals surface area contributed by atoms with Crippen molar-refractivity contribution in [3.63, 3.8) is 0 Å². The van der Waals surface area contributed by atoms with E-state index in [0.29, 0.717) is 10.2 Å². The number of aromatic nitrogens is 2. The maximum Gasteiger partial charge on any atom is 0.356 e. The van der Waals surface area contributed by atoms with Gasteiger partial charge in [0.25, 0.3) is 0 Å². The molecule has 2 rings (SSSR count). The SMILES string of the molecule is Cc1cc(C(=O)O)nn1-c1cc(Br)ccc1F. The topological polar surface area (TPSA) is 55.1 Å². The highest BCUT2D eigenvalue weighted by Gasteiger charge is 2.14. The second kappa shape index (κ2) is 4.29. The van der Waals surface area contributed by atoms with Gasteiger partial charge in [-0.05, 0) is 31.2 Å². The lowest BCUT2D eigenvalue weighted by atomic mass is 10.3. The van der Waals surface area contributed by atoms with Crippen LogP contribution in [0.1, 0.15) is 16.2 Å². The summed E-state index contributed by atoms with van der Waals surface area (Å²) in [6.07, 6.45) is 0. The minimum atomic E-state index is -1.14. The summed E-state index contributed by atoms with van der Waals surface area (Å²) < 4.78 is 15.6. The van der Waals surface area contributed by atoms with E-state index in [1.807, 2.05) is 0 Å². The largest absolute Gasteiger partial charge is 0.476 e. The Morgan fingerprint density at radius 2 is 2.18 bits per heavy atom. The zero-order valence-corrected chi connectivity index (χ0v) is 10.4. The van der Waals surface area contributed by atoms with Crippen LogP contribution in [0.2, 0.25) is 0 Å². The molecular formula is C11H8BrFN2O2. The predicted octanol–water partition coefficient (Wildman–Crippen LogP) is 2.78. The number of carboxylic acids is 1. The Hall–Kier alpha value is -1.69. The average molecular weight is 299 g/mol. The maximum absolute atomic E-state index is 13.6. The Morgan fingerprint density at radius 1 is 1.47 bits per heavy atom. The van der Waals surface area contributed by atoms with Crippen LogP contribution < -0.4 is 0 Å². The molecule has 2 aromatic rings. The van der Waals surface area contributed by atoms with Gasteiger partial charge >= 0.3 is 5.97 Å². The van der Waals surface area contributed by atoms with Crippen LogP contribution in [0.3, 0.4) is 0 Å². The summed E-state index contributed by atoms with van der Waals surface area (Å²) in [7, 11) is 0. The van der Waals surface area contributed by atoms with Crippen LogP contribution in [0.4, 0.5) is 4.39 Å². The fourth-order valence-corrected chi connectivity index (χ4v) is 1.82. The summed E-state index contributed by atoms with van der Waals surface area (Å²) in [6, 6.07) is 5.79. The standard InChI is InChI=1S/C11H8BrFN2O2/c1-6-4-9(11(16)17)14-15(6)10-5-7(12)2-3-8(10)13/h2-5H,1H3,(H,16,17). The number of rotatable bonds is 2. The molecule has 4 nitrogen and oxygen atoms in total. The number of carboxylic acid groups (broad SMARTS) is 1. The van der Waals surface area contributed by atoms with E-state index < -0.39 is 11.8 Å². The molecule has 1 aromatic carbocycles. The first-order valence-corrected chi connectivity index (χ1v) is 5.53. The van der Waals surface area contributed by atoms with Crippen LogP contribution in [-0.4, -0.2) is 20.9 Å². The zero-order valence-electron chi connectivity index (χ0n) is 8.82. The molecule has 0 bridgehead atoms. The minimum absolute atomic E-state index is 0.109. The summed E-state index contributed by atoms with van der Waals surface area (Å²) in [5.41, 5.74) is 0.658. The maximum atomic E-state index is 13.6. The van der Waals surface area contributed by atoms with Gasteiger partial charge in [-0.2, -0.15) is 5.10 Å². The third-order valence-electron chi connectivity index (χ3n) is 2.24. The molecule has 0 saturated heterocycles. The fraction of sp³-hybridized carbons (Fsp3) is 0.0909. The van der Waals surface area contributed by atoms with Crippen molar-refractivity contribution in [3.8, 4) is 5.69 Å². The highest BCUT2D eigenvalue weighted by Crippen LogP contribution is 2.20. The molecule has 1 heterocycles. The molecule has 0 unspecified atom stereocenters. The summed E-state index contributed by atoms with van der Waals surface area (Å²) in [5.74, 6) is -1.60. The molecular weight excluding hydrogens is 291 g/mol. The Kier molecular flexibility index (Phi) is 2.97. The van der Waals surface area contributed by atoms with E-state index in [4.69, 9.17) is 5.11 Å². The molecule has 0 aliphatic rings. The summed E-state index contributed by atoms with van der Waals surface area (Å²) in [4.78, 5) is 10.8. The van der Waals surface area contributed by atoms with Crippen molar-refractivity contribution in [3.05, 3.63) is 45.9 Å². The molecule has 0 fully saturated rings. The Labute approximate surface area is 105 Å². The Balaban J connectivity index is 2.60. The second-order valence-electron chi connectivity index (χ2n) is 3.48. The van der Waals surface area contributed by atoms with E-state index in [-0.39, 0.29) is 11.4 Å². The smallest absolute Gasteiger partial charge is 0.356 e. The van der Waals surface area contributed by atoms with Gasteiger partial charge in [0.2, 0.25) is 0 Å². The number of hydrogen-bond donors (Lipinski definition) is 1. The molecule has 0 saturated carbocycles. The first kappa shape index (κ1) is 11.8. The van der Waals surface area contributed by atoms with Gasteiger partial charge < -0.3 is 5.11 Å². The normalized spacial score (nSPS) is 10.5.